The molecule has 0 aliphatic rings. The molecule has 0 unspecified atom stereocenters. The lowest BCUT2D eigenvalue weighted by molar-refractivity contribution is -0.141. The van der Waals surface area contributed by atoms with E-state index in [0.29, 0.717) is 12.1 Å². The highest BCUT2D eigenvalue weighted by Crippen LogP contribution is 2.30. The van der Waals surface area contributed by atoms with Crippen molar-refractivity contribution in [3.63, 3.8) is 0 Å². The van der Waals surface area contributed by atoms with Crippen LogP contribution in [0.15, 0.2) is 29.7 Å². The SMILES string of the molecule is CCNC(=O)[C@H](C)Sc1nnc(-c2ccncc2)n1CC(F)(F)F. The number of nitrogens with zero attached hydrogens (tertiary/aromatic N) is 4. The van der Waals surface area contributed by atoms with E-state index in [2.05, 4.69) is 20.5 Å². The minimum absolute atomic E-state index is 0.0397. The van der Waals surface area contributed by atoms with Gasteiger partial charge in [0.25, 0.3) is 0 Å². The summed E-state index contributed by atoms with van der Waals surface area (Å²) >= 11 is 0.936. The largest absolute Gasteiger partial charge is 0.406 e. The monoisotopic (exact) mass is 359 g/mol. The maximum absolute atomic E-state index is 12.9. The van der Waals surface area contributed by atoms with Gasteiger partial charge in [-0.25, -0.2) is 0 Å². The number of carbonyl (C=O) groups is 1. The van der Waals surface area contributed by atoms with Crippen molar-refractivity contribution in [2.45, 2.75) is 37.0 Å². The zero-order valence-electron chi connectivity index (χ0n) is 13.0. The molecule has 10 heteroatoms. The van der Waals surface area contributed by atoms with Crippen molar-refractivity contribution in [2.75, 3.05) is 6.54 Å². The topological polar surface area (TPSA) is 72.7 Å². The summed E-state index contributed by atoms with van der Waals surface area (Å²) in [6, 6.07) is 3.11. The Balaban J connectivity index is 2.34. The summed E-state index contributed by atoms with van der Waals surface area (Å²) in [6.45, 7) is 2.58. The molecule has 2 aromatic heterocycles. The highest BCUT2D eigenvalue weighted by molar-refractivity contribution is 8.00. The van der Waals surface area contributed by atoms with Gasteiger partial charge >= 0.3 is 6.18 Å². The van der Waals surface area contributed by atoms with Crippen molar-refractivity contribution in [1.29, 1.82) is 0 Å². The number of pyridine rings is 1. The van der Waals surface area contributed by atoms with Crippen LogP contribution in [0, 0.1) is 0 Å². The number of rotatable bonds is 6. The Morgan fingerprint density at radius 1 is 1.33 bits per heavy atom. The molecular weight excluding hydrogens is 343 g/mol. The van der Waals surface area contributed by atoms with Crippen LogP contribution in [0.5, 0.6) is 0 Å². The number of amides is 1. The predicted octanol–water partition coefficient (Wildman–Crippen LogP) is 2.52. The Bertz CT molecular complexity index is 689. The van der Waals surface area contributed by atoms with Crippen LogP contribution in [0.2, 0.25) is 0 Å². The number of halogens is 3. The van der Waals surface area contributed by atoms with Gasteiger partial charge in [-0.3, -0.25) is 14.3 Å². The first-order chi connectivity index (χ1) is 11.3. The van der Waals surface area contributed by atoms with Gasteiger partial charge in [0.15, 0.2) is 11.0 Å². The Morgan fingerprint density at radius 2 is 2.00 bits per heavy atom. The van der Waals surface area contributed by atoms with Crippen LogP contribution in [0.25, 0.3) is 11.4 Å². The molecule has 0 bridgehead atoms. The molecule has 2 heterocycles. The highest BCUT2D eigenvalue weighted by atomic mass is 32.2. The molecule has 2 aromatic rings. The molecule has 0 aromatic carbocycles. The minimum atomic E-state index is -4.44. The molecular formula is C14H16F3N5OS. The smallest absolute Gasteiger partial charge is 0.355 e. The van der Waals surface area contributed by atoms with E-state index < -0.39 is 18.0 Å². The van der Waals surface area contributed by atoms with Crippen LogP contribution in [-0.2, 0) is 11.3 Å². The van der Waals surface area contributed by atoms with E-state index in [9.17, 15) is 18.0 Å². The third kappa shape index (κ3) is 4.70. The number of hydrogen-bond acceptors (Lipinski definition) is 5. The fourth-order valence-corrected chi connectivity index (χ4v) is 2.81. The van der Waals surface area contributed by atoms with Crippen molar-refractivity contribution in [3.8, 4) is 11.4 Å². The third-order valence-corrected chi connectivity index (χ3v) is 4.08. The second kappa shape index (κ2) is 7.65. The molecule has 0 saturated heterocycles. The Labute approximate surface area is 140 Å². The fraction of sp³-hybridized carbons (Fsp3) is 0.429. The molecule has 1 amide bonds. The number of alkyl halides is 3. The van der Waals surface area contributed by atoms with Crippen molar-refractivity contribution in [3.05, 3.63) is 24.5 Å². The molecule has 0 spiro atoms. The van der Waals surface area contributed by atoms with E-state index >= 15 is 0 Å². The summed E-state index contributed by atoms with van der Waals surface area (Å²) in [5.41, 5.74) is 0.472. The van der Waals surface area contributed by atoms with E-state index in [1.165, 1.54) is 12.4 Å². The van der Waals surface area contributed by atoms with Gasteiger partial charge in [0.05, 0.1) is 5.25 Å². The van der Waals surface area contributed by atoms with Gasteiger partial charge in [0.1, 0.15) is 6.54 Å². The highest BCUT2D eigenvalue weighted by Gasteiger charge is 2.32. The van der Waals surface area contributed by atoms with Gasteiger partial charge < -0.3 is 5.32 Å². The third-order valence-electron chi connectivity index (χ3n) is 3.00. The maximum Gasteiger partial charge on any atom is 0.406 e. The van der Waals surface area contributed by atoms with Gasteiger partial charge in [-0.1, -0.05) is 11.8 Å². The summed E-state index contributed by atoms with van der Waals surface area (Å²) in [6.07, 6.45) is -1.51. The standard InChI is InChI=1S/C14H16F3N5OS/c1-3-19-12(23)9(2)24-13-21-20-11(10-4-6-18-7-5-10)22(13)8-14(15,16)17/h4-7,9H,3,8H2,1-2H3,(H,19,23)/t9-/m0/s1. The molecule has 0 aliphatic heterocycles. The van der Waals surface area contributed by atoms with E-state index in [1.54, 1.807) is 26.0 Å². The predicted molar refractivity (Wildman–Crippen MR) is 83.3 cm³/mol. The lowest BCUT2D eigenvalue weighted by atomic mass is 10.2. The van der Waals surface area contributed by atoms with Crippen LogP contribution >= 0.6 is 11.8 Å². The first-order valence-electron chi connectivity index (χ1n) is 7.16. The molecule has 0 saturated carbocycles. The van der Waals surface area contributed by atoms with Crippen LogP contribution in [-0.4, -0.2) is 43.6 Å². The zero-order valence-corrected chi connectivity index (χ0v) is 13.9. The van der Waals surface area contributed by atoms with E-state index in [4.69, 9.17) is 0 Å². The van der Waals surface area contributed by atoms with E-state index in [-0.39, 0.29) is 16.9 Å². The van der Waals surface area contributed by atoms with E-state index in [1.807, 2.05) is 0 Å². The quantitative estimate of drug-likeness (QED) is 0.803. The van der Waals surface area contributed by atoms with E-state index in [0.717, 1.165) is 16.3 Å². The van der Waals surface area contributed by atoms with Crippen molar-refractivity contribution in [2.24, 2.45) is 0 Å². The molecule has 6 nitrogen and oxygen atoms in total. The number of nitrogens with one attached hydrogen (secondary N) is 1. The second-order valence-electron chi connectivity index (χ2n) is 4.90. The summed E-state index contributed by atoms with van der Waals surface area (Å²) in [5, 5.41) is 9.77. The molecule has 1 N–H and O–H groups in total. The number of thioether (sulfide) groups is 1. The van der Waals surface area contributed by atoms with Crippen LogP contribution in [0.3, 0.4) is 0 Å². The van der Waals surface area contributed by atoms with Crippen molar-refractivity contribution >= 4 is 17.7 Å². The first kappa shape index (κ1) is 18.2. The minimum Gasteiger partial charge on any atom is -0.355 e. The van der Waals surface area contributed by atoms with Crippen molar-refractivity contribution in [1.82, 2.24) is 25.1 Å². The van der Waals surface area contributed by atoms with Gasteiger partial charge in [-0.05, 0) is 26.0 Å². The molecule has 130 valence electrons. The normalized spacial score (nSPS) is 12.9. The summed E-state index contributed by atoms with van der Waals surface area (Å²) in [7, 11) is 0. The van der Waals surface area contributed by atoms with Gasteiger partial charge in [0, 0.05) is 24.5 Å². The maximum atomic E-state index is 12.9. The van der Waals surface area contributed by atoms with Gasteiger partial charge in [0.2, 0.25) is 5.91 Å². The van der Waals surface area contributed by atoms with Crippen molar-refractivity contribution < 1.29 is 18.0 Å². The van der Waals surface area contributed by atoms with Crippen LogP contribution in [0.4, 0.5) is 13.2 Å². The molecule has 0 fully saturated rings. The summed E-state index contributed by atoms with van der Waals surface area (Å²) in [5.74, 6) is -0.185. The number of hydrogen-bond donors (Lipinski definition) is 1. The molecule has 0 aliphatic carbocycles. The zero-order chi connectivity index (χ0) is 17.7. The number of aromatic nitrogens is 4. The lowest BCUT2D eigenvalue weighted by Crippen LogP contribution is -2.31. The van der Waals surface area contributed by atoms with Gasteiger partial charge in [-0.2, -0.15) is 13.2 Å². The number of carbonyl (C=O) groups excluding carboxylic acids is 1. The summed E-state index contributed by atoms with van der Waals surface area (Å²) in [4.78, 5) is 15.6. The van der Waals surface area contributed by atoms with Crippen LogP contribution in [0.1, 0.15) is 13.8 Å². The first-order valence-corrected chi connectivity index (χ1v) is 8.04. The lowest BCUT2D eigenvalue weighted by Gasteiger charge is -2.14. The Morgan fingerprint density at radius 3 is 2.58 bits per heavy atom. The fourth-order valence-electron chi connectivity index (χ4n) is 1.94. The molecule has 2 rings (SSSR count). The van der Waals surface area contributed by atoms with Crippen LogP contribution < -0.4 is 5.32 Å². The molecule has 1 atom stereocenters. The molecule has 0 radical (unpaired) electrons. The Hall–Kier alpha value is -2.10. The second-order valence-corrected chi connectivity index (χ2v) is 6.21. The average Bonchev–Trinajstić information content (AvgIpc) is 2.89. The van der Waals surface area contributed by atoms with Gasteiger partial charge in [-0.15, -0.1) is 10.2 Å². The average molecular weight is 359 g/mol. The summed E-state index contributed by atoms with van der Waals surface area (Å²) < 4.78 is 39.8. The Kier molecular flexibility index (Phi) is 5.81. The molecule has 24 heavy (non-hydrogen) atoms.